The predicted octanol–water partition coefficient (Wildman–Crippen LogP) is 2.01. The summed E-state index contributed by atoms with van der Waals surface area (Å²) in [6, 6.07) is 3.96. The minimum absolute atomic E-state index is 0.465. The maximum atomic E-state index is 4.56. The van der Waals surface area contributed by atoms with E-state index in [9.17, 15) is 0 Å². The molecule has 1 aliphatic heterocycles. The van der Waals surface area contributed by atoms with E-state index in [0.29, 0.717) is 11.9 Å². The molecule has 0 bridgehead atoms. The summed E-state index contributed by atoms with van der Waals surface area (Å²) < 4.78 is 0. The lowest BCUT2D eigenvalue weighted by Crippen LogP contribution is -2.11. The van der Waals surface area contributed by atoms with Gasteiger partial charge in [0.15, 0.2) is 0 Å². The van der Waals surface area contributed by atoms with Crippen LogP contribution in [0.5, 0.6) is 0 Å². The zero-order valence-corrected chi connectivity index (χ0v) is 12.6. The standard InChI is InChI=1S/C15H20N6/c1-9-6-10(2)18-15(17-9)21-14-7-13(19-11(3)20-14)12-4-5-16-8-12/h6-7,12,16H,4-5,8H2,1-3H3,(H,17,18,19,20,21). The molecular weight excluding hydrogens is 264 g/mol. The molecule has 0 aromatic carbocycles. The first kappa shape index (κ1) is 13.9. The lowest BCUT2D eigenvalue weighted by atomic mass is 10.0. The van der Waals surface area contributed by atoms with Crippen LogP contribution in [0.4, 0.5) is 11.8 Å². The van der Waals surface area contributed by atoms with Crippen molar-refractivity contribution < 1.29 is 0 Å². The van der Waals surface area contributed by atoms with Crippen LogP contribution in [0.1, 0.15) is 35.2 Å². The van der Waals surface area contributed by atoms with Gasteiger partial charge in [-0.3, -0.25) is 0 Å². The van der Waals surface area contributed by atoms with Crippen LogP contribution in [-0.4, -0.2) is 33.0 Å². The smallest absolute Gasteiger partial charge is 0.228 e. The Hall–Kier alpha value is -2.08. The molecule has 1 aliphatic rings. The van der Waals surface area contributed by atoms with E-state index in [0.717, 1.165) is 48.2 Å². The molecule has 0 aliphatic carbocycles. The van der Waals surface area contributed by atoms with Crippen LogP contribution in [0.15, 0.2) is 12.1 Å². The Kier molecular flexibility index (Phi) is 3.79. The van der Waals surface area contributed by atoms with Gasteiger partial charge in [0, 0.05) is 29.9 Å². The van der Waals surface area contributed by atoms with Gasteiger partial charge in [0.25, 0.3) is 0 Å². The van der Waals surface area contributed by atoms with Gasteiger partial charge in [-0.05, 0) is 39.8 Å². The summed E-state index contributed by atoms with van der Waals surface area (Å²) >= 11 is 0. The van der Waals surface area contributed by atoms with Crippen LogP contribution in [0.25, 0.3) is 0 Å². The number of nitrogens with zero attached hydrogens (tertiary/aromatic N) is 4. The number of nitrogens with one attached hydrogen (secondary N) is 2. The molecule has 6 nitrogen and oxygen atoms in total. The molecule has 0 amide bonds. The number of hydrogen-bond donors (Lipinski definition) is 2. The van der Waals surface area contributed by atoms with Gasteiger partial charge in [-0.1, -0.05) is 0 Å². The molecule has 2 N–H and O–H groups in total. The first-order valence-electron chi connectivity index (χ1n) is 7.26. The van der Waals surface area contributed by atoms with E-state index in [2.05, 4.69) is 30.6 Å². The quantitative estimate of drug-likeness (QED) is 0.898. The zero-order chi connectivity index (χ0) is 14.8. The first-order chi connectivity index (χ1) is 10.1. The van der Waals surface area contributed by atoms with Gasteiger partial charge in [0.05, 0.1) is 5.69 Å². The fraction of sp³-hybridized carbons (Fsp3) is 0.467. The van der Waals surface area contributed by atoms with E-state index in [4.69, 9.17) is 0 Å². The van der Waals surface area contributed by atoms with Gasteiger partial charge < -0.3 is 10.6 Å². The van der Waals surface area contributed by atoms with Gasteiger partial charge in [0.1, 0.15) is 11.6 Å². The summed E-state index contributed by atoms with van der Waals surface area (Å²) in [4.78, 5) is 17.8. The molecule has 1 saturated heterocycles. The largest absolute Gasteiger partial charge is 0.316 e. The molecule has 1 fully saturated rings. The molecule has 0 saturated carbocycles. The van der Waals surface area contributed by atoms with E-state index < -0.39 is 0 Å². The summed E-state index contributed by atoms with van der Waals surface area (Å²) in [5, 5.41) is 6.57. The molecule has 0 radical (unpaired) electrons. The highest BCUT2D eigenvalue weighted by Gasteiger charge is 2.19. The number of rotatable bonds is 3. The summed E-state index contributed by atoms with van der Waals surface area (Å²) in [5.41, 5.74) is 2.96. The number of hydrogen-bond acceptors (Lipinski definition) is 6. The Labute approximate surface area is 124 Å². The van der Waals surface area contributed by atoms with Gasteiger partial charge >= 0.3 is 0 Å². The molecule has 1 unspecified atom stereocenters. The lowest BCUT2D eigenvalue weighted by molar-refractivity contribution is 0.725. The highest BCUT2D eigenvalue weighted by atomic mass is 15.1. The molecule has 3 rings (SSSR count). The van der Waals surface area contributed by atoms with Gasteiger partial charge in [-0.15, -0.1) is 0 Å². The average Bonchev–Trinajstić information content (AvgIpc) is 2.90. The van der Waals surface area contributed by atoms with Crippen LogP contribution < -0.4 is 10.6 Å². The third-order valence-corrected chi connectivity index (χ3v) is 3.56. The van der Waals surface area contributed by atoms with Gasteiger partial charge in [-0.2, -0.15) is 0 Å². The Morgan fingerprint density at radius 1 is 1.05 bits per heavy atom. The fourth-order valence-electron chi connectivity index (χ4n) is 2.67. The lowest BCUT2D eigenvalue weighted by Gasteiger charge is -2.11. The van der Waals surface area contributed by atoms with Gasteiger partial charge in [0.2, 0.25) is 5.95 Å². The van der Waals surface area contributed by atoms with E-state index >= 15 is 0 Å². The highest BCUT2D eigenvalue weighted by molar-refractivity contribution is 5.49. The molecule has 21 heavy (non-hydrogen) atoms. The second-order valence-electron chi connectivity index (χ2n) is 5.51. The summed E-state index contributed by atoms with van der Waals surface area (Å²) in [7, 11) is 0. The topological polar surface area (TPSA) is 75.6 Å². The van der Waals surface area contributed by atoms with E-state index in [-0.39, 0.29) is 0 Å². The van der Waals surface area contributed by atoms with Crippen LogP contribution in [0, 0.1) is 20.8 Å². The maximum absolute atomic E-state index is 4.56. The minimum atomic E-state index is 0.465. The second kappa shape index (κ2) is 5.73. The van der Waals surface area contributed by atoms with E-state index in [1.165, 1.54) is 0 Å². The SMILES string of the molecule is Cc1cc(C)nc(Nc2cc(C3CCNC3)nc(C)n2)n1. The summed E-state index contributed by atoms with van der Waals surface area (Å²) in [6.07, 6.45) is 1.12. The Balaban J connectivity index is 1.87. The molecule has 110 valence electrons. The molecule has 2 aromatic heterocycles. The van der Waals surface area contributed by atoms with Crippen LogP contribution in [0.2, 0.25) is 0 Å². The van der Waals surface area contributed by atoms with Gasteiger partial charge in [-0.25, -0.2) is 19.9 Å². The number of anilines is 2. The minimum Gasteiger partial charge on any atom is -0.316 e. The van der Waals surface area contributed by atoms with Crippen molar-refractivity contribution in [2.75, 3.05) is 18.4 Å². The molecule has 0 spiro atoms. The zero-order valence-electron chi connectivity index (χ0n) is 12.6. The van der Waals surface area contributed by atoms with Crippen molar-refractivity contribution >= 4 is 11.8 Å². The van der Waals surface area contributed by atoms with Crippen molar-refractivity contribution in [1.82, 2.24) is 25.3 Å². The van der Waals surface area contributed by atoms with Crippen LogP contribution in [-0.2, 0) is 0 Å². The Bertz CT molecular complexity index is 628. The predicted molar refractivity (Wildman–Crippen MR) is 81.8 cm³/mol. The van der Waals surface area contributed by atoms with Crippen molar-refractivity contribution in [1.29, 1.82) is 0 Å². The summed E-state index contributed by atoms with van der Waals surface area (Å²) in [6.45, 7) is 7.87. The van der Waals surface area contributed by atoms with Crippen LogP contribution >= 0.6 is 0 Å². The maximum Gasteiger partial charge on any atom is 0.228 e. The average molecular weight is 284 g/mol. The van der Waals surface area contributed by atoms with Crippen molar-refractivity contribution in [2.24, 2.45) is 0 Å². The highest BCUT2D eigenvalue weighted by Crippen LogP contribution is 2.23. The molecule has 3 heterocycles. The molecule has 1 atom stereocenters. The number of aromatic nitrogens is 4. The fourth-order valence-corrected chi connectivity index (χ4v) is 2.67. The van der Waals surface area contributed by atoms with Crippen molar-refractivity contribution in [3.8, 4) is 0 Å². The molecule has 2 aromatic rings. The van der Waals surface area contributed by atoms with Crippen molar-refractivity contribution in [3.63, 3.8) is 0 Å². The Morgan fingerprint density at radius 3 is 2.48 bits per heavy atom. The third kappa shape index (κ3) is 3.33. The van der Waals surface area contributed by atoms with Crippen molar-refractivity contribution in [3.05, 3.63) is 35.0 Å². The third-order valence-electron chi connectivity index (χ3n) is 3.56. The van der Waals surface area contributed by atoms with Crippen molar-refractivity contribution in [2.45, 2.75) is 33.1 Å². The monoisotopic (exact) mass is 284 g/mol. The van der Waals surface area contributed by atoms with E-state index in [1.807, 2.05) is 32.9 Å². The van der Waals surface area contributed by atoms with Crippen LogP contribution in [0.3, 0.4) is 0 Å². The Morgan fingerprint density at radius 2 is 1.81 bits per heavy atom. The van der Waals surface area contributed by atoms with E-state index in [1.54, 1.807) is 0 Å². The second-order valence-corrected chi connectivity index (χ2v) is 5.51. The summed E-state index contributed by atoms with van der Waals surface area (Å²) in [5.74, 6) is 2.58. The molecular formula is C15H20N6. The number of aryl methyl sites for hydroxylation is 3. The normalized spacial score (nSPS) is 18.0. The first-order valence-corrected chi connectivity index (χ1v) is 7.26. The molecule has 6 heteroatoms.